The number of nitrogens with zero attached hydrogens (tertiary/aromatic N) is 1. The van der Waals surface area contributed by atoms with Crippen molar-refractivity contribution in [3.8, 4) is 0 Å². The van der Waals surface area contributed by atoms with Gasteiger partial charge in [0.25, 0.3) is 0 Å². The van der Waals surface area contributed by atoms with Crippen LogP contribution in [0.15, 0.2) is 23.1 Å². The molecule has 0 saturated carbocycles. The lowest BCUT2D eigenvalue weighted by Gasteiger charge is -2.19. The Morgan fingerprint density at radius 2 is 1.91 bits per heavy atom. The van der Waals surface area contributed by atoms with Crippen LogP contribution in [0.2, 0.25) is 5.02 Å². The Morgan fingerprint density at radius 1 is 1.27 bits per heavy atom. The van der Waals surface area contributed by atoms with Crippen LogP contribution in [-0.4, -0.2) is 39.0 Å². The van der Waals surface area contributed by atoms with E-state index in [0.717, 1.165) is 38.0 Å². The molecule has 22 heavy (non-hydrogen) atoms. The standard InChI is InChI=1S/C16H27ClN2O2S/c1-5-19(6-2)11-7-8-14(4)18-22(20,21)15-10-9-13(3)16(17)12-15/h9-10,12,14,18H,5-8,11H2,1-4H3. The fraction of sp³-hybridized carbons (Fsp3) is 0.625. The van der Waals surface area contributed by atoms with Gasteiger partial charge >= 0.3 is 0 Å². The van der Waals surface area contributed by atoms with E-state index in [2.05, 4.69) is 23.5 Å². The summed E-state index contributed by atoms with van der Waals surface area (Å²) in [4.78, 5) is 2.56. The molecule has 0 aromatic heterocycles. The normalized spacial score (nSPS) is 13.5. The van der Waals surface area contributed by atoms with E-state index in [9.17, 15) is 8.42 Å². The molecule has 1 aromatic rings. The van der Waals surface area contributed by atoms with Crippen molar-refractivity contribution in [1.82, 2.24) is 9.62 Å². The van der Waals surface area contributed by atoms with Crippen LogP contribution >= 0.6 is 11.6 Å². The van der Waals surface area contributed by atoms with Gasteiger partial charge in [0.05, 0.1) is 4.90 Å². The van der Waals surface area contributed by atoms with Gasteiger partial charge in [-0.15, -0.1) is 0 Å². The van der Waals surface area contributed by atoms with Gasteiger partial charge in [0.15, 0.2) is 0 Å². The predicted octanol–water partition coefficient (Wildman–Crippen LogP) is 3.44. The molecule has 1 atom stereocenters. The summed E-state index contributed by atoms with van der Waals surface area (Å²) in [6.07, 6.45) is 1.79. The molecule has 0 radical (unpaired) electrons. The number of sulfonamides is 1. The minimum Gasteiger partial charge on any atom is -0.304 e. The van der Waals surface area contributed by atoms with Crippen LogP contribution in [-0.2, 0) is 10.0 Å². The van der Waals surface area contributed by atoms with Gasteiger partial charge in [-0.2, -0.15) is 0 Å². The van der Waals surface area contributed by atoms with Crippen LogP contribution in [0.25, 0.3) is 0 Å². The van der Waals surface area contributed by atoms with Crippen molar-refractivity contribution in [2.24, 2.45) is 0 Å². The molecule has 1 N–H and O–H groups in total. The summed E-state index contributed by atoms with van der Waals surface area (Å²) >= 11 is 6.01. The Hall–Kier alpha value is -0.620. The first-order valence-electron chi connectivity index (χ1n) is 7.81. The zero-order valence-electron chi connectivity index (χ0n) is 13.9. The quantitative estimate of drug-likeness (QED) is 0.745. The summed E-state index contributed by atoms with van der Waals surface area (Å²) in [6, 6.07) is 4.72. The number of nitrogens with one attached hydrogen (secondary N) is 1. The highest BCUT2D eigenvalue weighted by Gasteiger charge is 2.18. The highest BCUT2D eigenvalue weighted by atomic mass is 35.5. The van der Waals surface area contributed by atoms with Crippen molar-refractivity contribution >= 4 is 21.6 Å². The maximum absolute atomic E-state index is 12.3. The molecule has 0 heterocycles. The Balaban J connectivity index is 2.58. The summed E-state index contributed by atoms with van der Waals surface area (Å²) < 4.78 is 27.4. The average Bonchev–Trinajstić information content (AvgIpc) is 2.46. The monoisotopic (exact) mass is 346 g/mol. The molecular formula is C16H27ClN2O2S. The van der Waals surface area contributed by atoms with Crippen LogP contribution in [0.5, 0.6) is 0 Å². The van der Waals surface area contributed by atoms with Gasteiger partial charge in [-0.05, 0) is 64.0 Å². The summed E-state index contributed by atoms with van der Waals surface area (Å²) in [6.45, 7) is 11.1. The van der Waals surface area contributed by atoms with E-state index in [-0.39, 0.29) is 10.9 Å². The number of halogens is 1. The first-order valence-corrected chi connectivity index (χ1v) is 9.67. The zero-order chi connectivity index (χ0) is 16.8. The lowest BCUT2D eigenvalue weighted by Crippen LogP contribution is -2.33. The molecule has 6 heteroatoms. The second-order valence-corrected chi connectivity index (χ2v) is 7.72. The molecule has 0 saturated heterocycles. The van der Waals surface area contributed by atoms with Gasteiger partial charge < -0.3 is 4.90 Å². The molecule has 0 aliphatic carbocycles. The van der Waals surface area contributed by atoms with Crippen LogP contribution in [0.1, 0.15) is 39.2 Å². The minimum atomic E-state index is -3.51. The van der Waals surface area contributed by atoms with Gasteiger partial charge in [-0.25, -0.2) is 13.1 Å². The molecule has 126 valence electrons. The van der Waals surface area contributed by atoms with E-state index in [0.29, 0.717) is 5.02 Å². The Kier molecular flexibility index (Phi) is 7.83. The zero-order valence-corrected chi connectivity index (χ0v) is 15.5. The van der Waals surface area contributed by atoms with Gasteiger partial charge in [0.2, 0.25) is 10.0 Å². The third-order valence-corrected chi connectivity index (χ3v) is 5.81. The van der Waals surface area contributed by atoms with Crippen LogP contribution in [0.3, 0.4) is 0 Å². The number of benzene rings is 1. The van der Waals surface area contributed by atoms with Crippen LogP contribution in [0.4, 0.5) is 0 Å². The number of rotatable bonds is 9. The van der Waals surface area contributed by atoms with E-state index >= 15 is 0 Å². The molecule has 0 fully saturated rings. The molecule has 1 unspecified atom stereocenters. The Morgan fingerprint density at radius 3 is 2.45 bits per heavy atom. The second-order valence-electron chi connectivity index (χ2n) is 5.60. The van der Waals surface area contributed by atoms with Gasteiger partial charge in [0.1, 0.15) is 0 Å². The first kappa shape index (κ1) is 19.4. The fourth-order valence-electron chi connectivity index (χ4n) is 2.29. The van der Waals surface area contributed by atoms with Crippen LogP contribution < -0.4 is 4.72 Å². The van der Waals surface area contributed by atoms with Crippen molar-refractivity contribution < 1.29 is 8.42 Å². The summed E-state index contributed by atoms with van der Waals surface area (Å²) in [5.41, 5.74) is 0.868. The topological polar surface area (TPSA) is 49.4 Å². The van der Waals surface area contributed by atoms with Crippen LogP contribution in [0, 0.1) is 6.92 Å². The fourth-order valence-corrected chi connectivity index (χ4v) is 3.84. The molecular weight excluding hydrogens is 320 g/mol. The van der Waals surface area contributed by atoms with Gasteiger partial charge in [-0.3, -0.25) is 0 Å². The third kappa shape index (κ3) is 5.88. The van der Waals surface area contributed by atoms with Crippen molar-refractivity contribution in [2.75, 3.05) is 19.6 Å². The Bertz CT molecular complexity index is 572. The summed E-state index contributed by atoms with van der Waals surface area (Å²) in [7, 11) is -3.51. The molecule has 4 nitrogen and oxygen atoms in total. The highest BCUT2D eigenvalue weighted by molar-refractivity contribution is 7.89. The Labute approximate surface area is 139 Å². The van der Waals surface area contributed by atoms with E-state index in [1.807, 2.05) is 13.8 Å². The van der Waals surface area contributed by atoms with E-state index in [1.54, 1.807) is 12.1 Å². The maximum Gasteiger partial charge on any atom is 0.240 e. The van der Waals surface area contributed by atoms with Crippen molar-refractivity contribution in [2.45, 2.75) is 51.5 Å². The first-order chi connectivity index (χ1) is 10.3. The molecule has 1 aromatic carbocycles. The van der Waals surface area contributed by atoms with Gasteiger partial charge in [0, 0.05) is 11.1 Å². The molecule has 0 spiro atoms. The lowest BCUT2D eigenvalue weighted by atomic mass is 10.2. The SMILES string of the molecule is CCN(CC)CCCC(C)NS(=O)(=O)c1ccc(C)c(Cl)c1. The molecule has 0 aliphatic rings. The average molecular weight is 347 g/mol. The second kappa shape index (κ2) is 8.87. The van der Waals surface area contributed by atoms with Crippen molar-refractivity contribution in [1.29, 1.82) is 0 Å². The van der Waals surface area contributed by atoms with E-state index in [4.69, 9.17) is 11.6 Å². The lowest BCUT2D eigenvalue weighted by molar-refractivity contribution is 0.293. The minimum absolute atomic E-state index is 0.0966. The molecule has 0 aliphatic heterocycles. The van der Waals surface area contributed by atoms with Crippen molar-refractivity contribution in [3.05, 3.63) is 28.8 Å². The summed E-state index contributed by atoms with van der Waals surface area (Å²) in [5.74, 6) is 0. The predicted molar refractivity (Wildman–Crippen MR) is 93.0 cm³/mol. The maximum atomic E-state index is 12.3. The van der Waals surface area contributed by atoms with E-state index in [1.165, 1.54) is 6.07 Å². The third-order valence-electron chi connectivity index (χ3n) is 3.82. The van der Waals surface area contributed by atoms with E-state index < -0.39 is 10.0 Å². The largest absolute Gasteiger partial charge is 0.304 e. The number of hydrogen-bond acceptors (Lipinski definition) is 3. The van der Waals surface area contributed by atoms with Crippen molar-refractivity contribution in [3.63, 3.8) is 0 Å². The molecule has 1 rings (SSSR count). The summed E-state index contributed by atoms with van der Waals surface area (Å²) in [5, 5.41) is 0.470. The highest BCUT2D eigenvalue weighted by Crippen LogP contribution is 2.20. The molecule has 0 bridgehead atoms. The molecule has 0 amide bonds. The number of hydrogen-bond donors (Lipinski definition) is 1. The van der Waals surface area contributed by atoms with Gasteiger partial charge in [-0.1, -0.05) is 31.5 Å². The number of aryl methyl sites for hydroxylation is 1. The smallest absolute Gasteiger partial charge is 0.240 e.